The molecule has 0 saturated carbocycles. The maximum Gasteiger partial charge on any atom is 0.271 e. The molecule has 0 bridgehead atoms. The first kappa shape index (κ1) is 20.5. The van der Waals surface area contributed by atoms with Gasteiger partial charge in [-0.05, 0) is 65.4 Å². The summed E-state index contributed by atoms with van der Waals surface area (Å²) in [7, 11) is 0. The molecule has 0 amide bonds. The SMILES string of the molecule is O=c1c(=Cc2ccc(F)cc2)sc2n1C(c1ccc(Br)cc1)C1=C(N=2)c2ccccc2CC1. The minimum absolute atomic E-state index is 0.0681. The van der Waals surface area contributed by atoms with Crippen LogP contribution in [0.25, 0.3) is 11.8 Å². The third-order valence-corrected chi connectivity index (χ3v) is 7.74. The van der Waals surface area contributed by atoms with E-state index in [1.165, 1.54) is 34.6 Å². The molecule has 33 heavy (non-hydrogen) atoms. The lowest BCUT2D eigenvalue weighted by Gasteiger charge is -2.30. The van der Waals surface area contributed by atoms with Crippen molar-refractivity contribution in [1.82, 2.24) is 4.57 Å². The molecule has 0 fully saturated rings. The summed E-state index contributed by atoms with van der Waals surface area (Å²) in [5.74, 6) is -0.296. The predicted molar refractivity (Wildman–Crippen MR) is 133 cm³/mol. The van der Waals surface area contributed by atoms with E-state index in [0.717, 1.165) is 39.7 Å². The molecule has 2 heterocycles. The summed E-state index contributed by atoms with van der Waals surface area (Å²) in [5, 5.41) is 0. The molecule has 162 valence electrons. The van der Waals surface area contributed by atoms with Gasteiger partial charge in [0, 0.05) is 10.0 Å². The standard InChI is InChI=1S/C27H18BrFN2OS/c28-19-10-7-18(8-11-19)25-22-14-9-17-3-1-2-4-21(17)24(22)30-27-31(25)26(32)23(33-27)15-16-5-12-20(29)13-6-16/h1-8,10-13,15,25H,9,14H2. The van der Waals surface area contributed by atoms with Gasteiger partial charge in [0.1, 0.15) is 5.82 Å². The molecule has 4 aromatic rings. The fourth-order valence-electron chi connectivity index (χ4n) is 4.68. The third kappa shape index (κ3) is 3.54. The highest BCUT2D eigenvalue weighted by atomic mass is 79.9. The molecule has 6 heteroatoms. The van der Waals surface area contributed by atoms with Crippen LogP contribution in [0.3, 0.4) is 0 Å². The summed E-state index contributed by atoms with van der Waals surface area (Å²) in [5.41, 5.74) is 6.39. The summed E-state index contributed by atoms with van der Waals surface area (Å²) in [6.45, 7) is 0. The highest BCUT2D eigenvalue weighted by Crippen LogP contribution is 2.41. The number of hydrogen-bond donors (Lipinski definition) is 0. The summed E-state index contributed by atoms with van der Waals surface area (Å²) in [4.78, 5) is 19.3. The van der Waals surface area contributed by atoms with Gasteiger partial charge in [0.2, 0.25) is 0 Å². The molecular formula is C27H18BrFN2OS. The van der Waals surface area contributed by atoms with Gasteiger partial charge in [0.25, 0.3) is 5.56 Å². The van der Waals surface area contributed by atoms with E-state index in [4.69, 9.17) is 4.99 Å². The van der Waals surface area contributed by atoms with Crippen molar-refractivity contribution in [1.29, 1.82) is 0 Å². The Labute approximate surface area is 202 Å². The lowest BCUT2D eigenvalue weighted by Crippen LogP contribution is -2.38. The van der Waals surface area contributed by atoms with Crippen LogP contribution >= 0.6 is 27.3 Å². The largest absolute Gasteiger partial charge is 0.272 e. The van der Waals surface area contributed by atoms with Crippen molar-refractivity contribution in [2.75, 3.05) is 0 Å². The third-order valence-electron chi connectivity index (χ3n) is 6.23. The molecule has 0 spiro atoms. The number of aromatic nitrogens is 1. The molecule has 3 nitrogen and oxygen atoms in total. The van der Waals surface area contributed by atoms with Crippen molar-refractivity contribution in [2.24, 2.45) is 4.99 Å². The zero-order valence-electron chi connectivity index (χ0n) is 17.5. The molecule has 0 saturated heterocycles. The summed E-state index contributed by atoms with van der Waals surface area (Å²) in [6.07, 6.45) is 3.61. The topological polar surface area (TPSA) is 34.4 Å². The van der Waals surface area contributed by atoms with Gasteiger partial charge in [-0.2, -0.15) is 0 Å². The summed E-state index contributed by atoms with van der Waals surface area (Å²) < 4.78 is 16.8. The lowest BCUT2D eigenvalue weighted by atomic mass is 9.83. The predicted octanol–water partition coefficient (Wildman–Crippen LogP) is 5.22. The number of nitrogens with zero attached hydrogens (tertiary/aromatic N) is 2. The van der Waals surface area contributed by atoms with Crippen molar-refractivity contribution in [2.45, 2.75) is 18.9 Å². The zero-order valence-corrected chi connectivity index (χ0v) is 19.9. The first-order valence-corrected chi connectivity index (χ1v) is 12.3. The van der Waals surface area contributed by atoms with Gasteiger partial charge in [0.05, 0.1) is 16.3 Å². The van der Waals surface area contributed by atoms with Crippen LogP contribution in [0.5, 0.6) is 0 Å². The van der Waals surface area contributed by atoms with Crippen LogP contribution in [-0.4, -0.2) is 4.57 Å². The quantitative estimate of drug-likeness (QED) is 0.359. The Bertz CT molecular complexity index is 1600. The van der Waals surface area contributed by atoms with Crippen LogP contribution < -0.4 is 14.9 Å². The van der Waals surface area contributed by atoms with Crippen LogP contribution in [0.4, 0.5) is 4.39 Å². The molecule has 2 aliphatic rings. The highest BCUT2D eigenvalue weighted by molar-refractivity contribution is 9.10. The normalized spacial score (nSPS) is 17.3. The van der Waals surface area contributed by atoms with Crippen LogP contribution in [0, 0.1) is 5.82 Å². The van der Waals surface area contributed by atoms with Crippen molar-refractivity contribution in [3.05, 3.63) is 131 Å². The molecule has 1 aliphatic carbocycles. The van der Waals surface area contributed by atoms with E-state index >= 15 is 0 Å². The molecular weight excluding hydrogens is 499 g/mol. The lowest BCUT2D eigenvalue weighted by molar-refractivity contribution is 0.585. The molecule has 6 rings (SSSR count). The Morgan fingerprint density at radius 3 is 2.55 bits per heavy atom. The number of thiazole rings is 1. The number of aryl methyl sites for hydroxylation is 1. The molecule has 0 N–H and O–H groups in total. The number of hydrogen-bond acceptors (Lipinski definition) is 3. The van der Waals surface area contributed by atoms with Crippen LogP contribution in [0.1, 0.15) is 34.7 Å². The van der Waals surface area contributed by atoms with Gasteiger partial charge < -0.3 is 0 Å². The Hall–Kier alpha value is -3.09. The Morgan fingerprint density at radius 2 is 1.76 bits per heavy atom. The van der Waals surface area contributed by atoms with E-state index in [1.54, 1.807) is 12.1 Å². The number of rotatable bonds is 2. The second kappa shape index (κ2) is 8.04. The number of fused-ring (bicyclic) bond motifs is 3. The second-order valence-electron chi connectivity index (χ2n) is 8.22. The first-order chi connectivity index (χ1) is 16.1. The number of allylic oxidation sites excluding steroid dienone is 1. The minimum atomic E-state index is -0.296. The van der Waals surface area contributed by atoms with Crippen molar-refractivity contribution in [3.63, 3.8) is 0 Å². The summed E-state index contributed by atoms with van der Waals surface area (Å²) >= 11 is 4.91. The number of halogens is 2. The monoisotopic (exact) mass is 516 g/mol. The maximum atomic E-state index is 13.6. The average Bonchev–Trinajstić information content (AvgIpc) is 3.14. The second-order valence-corrected chi connectivity index (χ2v) is 10.1. The molecule has 1 atom stereocenters. The Kier molecular flexibility index (Phi) is 5.00. The van der Waals surface area contributed by atoms with Gasteiger partial charge in [-0.25, -0.2) is 9.38 Å². The van der Waals surface area contributed by atoms with Gasteiger partial charge in [-0.1, -0.05) is 75.8 Å². The fourth-order valence-corrected chi connectivity index (χ4v) is 5.94. The van der Waals surface area contributed by atoms with E-state index in [-0.39, 0.29) is 17.4 Å². The average molecular weight is 517 g/mol. The smallest absolute Gasteiger partial charge is 0.271 e. The molecule has 1 aromatic heterocycles. The Balaban J connectivity index is 1.62. The molecule has 3 aromatic carbocycles. The van der Waals surface area contributed by atoms with E-state index in [1.807, 2.05) is 28.8 Å². The van der Waals surface area contributed by atoms with E-state index in [0.29, 0.717) is 9.33 Å². The van der Waals surface area contributed by atoms with Crippen LogP contribution in [0.2, 0.25) is 0 Å². The van der Waals surface area contributed by atoms with E-state index < -0.39 is 0 Å². The fraction of sp³-hybridized carbons (Fsp3) is 0.111. The minimum Gasteiger partial charge on any atom is -0.272 e. The molecule has 1 unspecified atom stereocenters. The first-order valence-electron chi connectivity index (χ1n) is 10.7. The van der Waals surface area contributed by atoms with Crippen molar-refractivity contribution < 1.29 is 4.39 Å². The maximum absolute atomic E-state index is 13.6. The van der Waals surface area contributed by atoms with Crippen molar-refractivity contribution in [3.8, 4) is 0 Å². The molecule has 1 aliphatic heterocycles. The van der Waals surface area contributed by atoms with Crippen LogP contribution in [-0.2, 0) is 6.42 Å². The van der Waals surface area contributed by atoms with E-state index in [2.05, 4.69) is 46.3 Å². The summed E-state index contributed by atoms with van der Waals surface area (Å²) in [6, 6.07) is 22.5. The number of benzene rings is 3. The zero-order chi connectivity index (χ0) is 22.5. The van der Waals surface area contributed by atoms with Gasteiger partial charge in [0.15, 0.2) is 4.80 Å². The Morgan fingerprint density at radius 1 is 1.00 bits per heavy atom. The van der Waals surface area contributed by atoms with Gasteiger partial charge in [-0.15, -0.1) is 0 Å². The van der Waals surface area contributed by atoms with Gasteiger partial charge in [-0.3, -0.25) is 9.36 Å². The highest BCUT2D eigenvalue weighted by Gasteiger charge is 2.32. The van der Waals surface area contributed by atoms with E-state index in [9.17, 15) is 9.18 Å². The van der Waals surface area contributed by atoms with Crippen LogP contribution in [0.15, 0.2) is 92.6 Å². The molecule has 0 radical (unpaired) electrons. The van der Waals surface area contributed by atoms with Gasteiger partial charge >= 0.3 is 0 Å². The van der Waals surface area contributed by atoms with Crippen molar-refractivity contribution >= 4 is 39.0 Å².